The van der Waals surface area contributed by atoms with Crippen LogP contribution in [-0.2, 0) is 4.79 Å². The third kappa shape index (κ3) is 1.56. The summed E-state index contributed by atoms with van der Waals surface area (Å²) in [5.41, 5.74) is 1.45. The molecule has 0 aromatic rings. The Morgan fingerprint density at radius 3 is 2.77 bits per heavy atom. The van der Waals surface area contributed by atoms with Gasteiger partial charge in [0.15, 0.2) is 5.78 Å². The highest BCUT2D eigenvalue weighted by atomic mass is 16.1. The van der Waals surface area contributed by atoms with Crippen LogP contribution in [0.1, 0.15) is 39.5 Å². The molecule has 0 heterocycles. The van der Waals surface area contributed by atoms with Gasteiger partial charge in [-0.15, -0.1) is 0 Å². The Labute approximate surface area is 80.2 Å². The van der Waals surface area contributed by atoms with Gasteiger partial charge in [0, 0.05) is 6.42 Å². The van der Waals surface area contributed by atoms with Gasteiger partial charge in [0.1, 0.15) is 0 Å². The van der Waals surface area contributed by atoms with Gasteiger partial charge in [-0.2, -0.15) is 0 Å². The zero-order valence-electron chi connectivity index (χ0n) is 8.55. The van der Waals surface area contributed by atoms with Crippen molar-refractivity contribution < 1.29 is 4.79 Å². The van der Waals surface area contributed by atoms with Crippen molar-refractivity contribution in [2.24, 2.45) is 17.8 Å². The molecule has 3 atom stereocenters. The Bertz CT molecular complexity index is 252. The van der Waals surface area contributed by atoms with Gasteiger partial charge in [-0.1, -0.05) is 19.4 Å². The van der Waals surface area contributed by atoms with Crippen LogP contribution in [0.2, 0.25) is 0 Å². The Morgan fingerprint density at radius 2 is 2.00 bits per heavy atom. The number of fused-ring (bicyclic) bond motifs is 1. The van der Waals surface area contributed by atoms with Crippen LogP contribution in [0.25, 0.3) is 0 Å². The van der Waals surface area contributed by atoms with E-state index in [0.29, 0.717) is 11.7 Å². The average Bonchev–Trinajstić information content (AvgIpc) is 2.12. The molecule has 0 aromatic heterocycles. The number of hydrogen-bond acceptors (Lipinski definition) is 1. The van der Waals surface area contributed by atoms with E-state index in [4.69, 9.17) is 0 Å². The first-order valence-corrected chi connectivity index (χ1v) is 5.43. The molecule has 0 aromatic carbocycles. The smallest absolute Gasteiger partial charge is 0.155 e. The number of carbonyl (C=O) groups excluding carboxylic acids is 1. The van der Waals surface area contributed by atoms with Crippen LogP contribution in [0.3, 0.4) is 0 Å². The van der Waals surface area contributed by atoms with Gasteiger partial charge in [0.2, 0.25) is 0 Å². The van der Waals surface area contributed by atoms with E-state index in [1.165, 1.54) is 18.4 Å². The van der Waals surface area contributed by atoms with Gasteiger partial charge in [-0.3, -0.25) is 4.79 Å². The molecule has 0 radical (unpaired) electrons. The molecule has 2 aliphatic rings. The van der Waals surface area contributed by atoms with Crippen molar-refractivity contribution in [1.82, 2.24) is 0 Å². The van der Waals surface area contributed by atoms with Crippen LogP contribution in [0.5, 0.6) is 0 Å². The molecule has 0 saturated heterocycles. The van der Waals surface area contributed by atoms with Gasteiger partial charge in [-0.25, -0.2) is 0 Å². The third-order valence-corrected chi connectivity index (χ3v) is 3.89. The van der Waals surface area contributed by atoms with E-state index in [2.05, 4.69) is 13.8 Å². The normalized spacial score (nSPS) is 39.7. The standard InChI is InChI=1S/C12H18O/c1-8-3-4-10-5-6-11(13)7-12(10)9(8)2/h7-10H,3-6H2,1-2H3. The van der Waals surface area contributed by atoms with Crippen molar-refractivity contribution in [2.75, 3.05) is 0 Å². The number of hydrogen-bond donors (Lipinski definition) is 0. The highest BCUT2D eigenvalue weighted by Crippen LogP contribution is 2.41. The zero-order valence-corrected chi connectivity index (χ0v) is 8.55. The molecule has 0 bridgehead atoms. The molecule has 2 rings (SSSR count). The predicted octanol–water partition coefficient (Wildman–Crippen LogP) is 2.96. The molecule has 0 N–H and O–H groups in total. The Hall–Kier alpha value is -0.590. The largest absolute Gasteiger partial charge is 0.295 e. The second-order valence-corrected chi connectivity index (χ2v) is 4.69. The molecule has 1 fully saturated rings. The molecule has 0 amide bonds. The van der Waals surface area contributed by atoms with Crippen LogP contribution in [0, 0.1) is 17.8 Å². The summed E-state index contributed by atoms with van der Waals surface area (Å²) in [5, 5.41) is 0. The molecule has 1 saturated carbocycles. The van der Waals surface area contributed by atoms with E-state index < -0.39 is 0 Å². The minimum Gasteiger partial charge on any atom is -0.295 e. The molecule has 1 nitrogen and oxygen atoms in total. The molecule has 72 valence electrons. The summed E-state index contributed by atoms with van der Waals surface area (Å²) in [7, 11) is 0. The lowest BCUT2D eigenvalue weighted by atomic mass is 9.68. The lowest BCUT2D eigenvalue weighted by molar-refractivity contribution is -0.115. The van der Waals surface area contributed by atoms with Crippen molar-refractivity contribution in [2.45, 2.75) is 39.5 Å². The van der Waals surface area contributed by atoms with Crippen molar-refractivity contribution in [3.8, 4) is 0 Å². The maximum absolute atomic E-state index is 11.3. The fourth-order valence-electron chi connectivity index (χ4n) is 2.72. The highest BCUT2D eigenvalue weighted by Gasteiger charge is 2.32. The van der Waals surface area contributed by atoms with Crippen molar-refractivity contribution >= 4 is 5.78 Å². The van der Waals surface area contributed by atoms with Crippen molar-refractivity contribution in [3.63, 3.8) is 0 Å². The summed E-state index contributed by atoms with van der Waals surface area (Å²) in [5.74, 6) is 2.51. The summed E-state index contributed by atoms with van der Waals surface area (Å²) in [6.45, 7) is 4.59. The van der Waals surface area contributed by atoms with Gasteiger partial charge in [0.05, 0.1) is 0 Å². The minimum absolute atomic E-state index is 0.354. The van der Waals surface area contributed by atoms with Crippen LogP contribution in [0.4, 0.5) is 0 Å². The van der Waals surface area contributed by atoms with Gasteiger partial charge in [-0.05, 0) is 43.1 Å². The number of carbonyl (C=O) groups is 1. The maximum Gasteiger partial charge on any atom is 0.155 e. The second kappa shape index (κ2) is 3.28. The fourth-order valence-corrected chi connectivity index (χ4v) is 2.72. The van der Waals surface area contributed by atoms with Crippen LogP contribution in [0.15, 0.2) is 11.6 Å². The number of ketones is 1. The van der Waals surface area contributed by atoms with Crippen LogP contribution >= 0.6 is 0 Å². The molecule has 0 spiro atoms. The van der Waals surface area contributed by atoms with Crippen molar-refractivity contribution in [1.29, 1.82) is 0 Å². The molecular weight excluding hydrogens is 160 g/mol. The van der Waals surface area contributed by atoms with Gasteiger partial charge in [0.25, 0.3) is 0 Å². The SMILES string of the molecule is CC1CCC2CCC(=O)C=C2C1C. The predicted molar refractivity (Wildman–Crippen MR) is 53.4 cm³/mol. The number of allylic oxidation sites excluding steroid dienone is 2. The first-order chi connectivity index (χ1) is 6.18. The van der Waals surface area contributed by atoms with E-state index in [-0.39, 0.29) is 0 Å². The summed E-state index contributed by atoms with van der Waals surface area (Å²) >= 11 is 0. The lowest BCUT2D eigenvalue weighted by Gasteiger charge is -2.37. The van der Waals surface area contributed by atoms with E-state index >= 15 is 0 Å². The Balaban J connectivity index is 2.24. The van der Waals surface area contributed by atoms with Crippen LogP contribution < -0.4 is 0 Å². The van der Waals surface area contributed by atoms with E-state index in [9.17, 15) is 4.79 Å². The lowest BCUT2D eigenvalue weighted by Crippen LogP contribution is -2.27. The van der Waals surface area contributed by atoms with Gasteiger partial charge < -0.3 is 0 Å². The Kier molecular flexibility index (Phi) is 2.27. The summed E-state index contributed by atoms with van der Waals surface area (Å²) in [6, 6.07) is 0. The second-order valence-electron chi connectivity index (χ2n) is 4.69. The molecule has 3 unspecified atom stereocenters. The topological polar surface area (TPSA) is 17.1 Å². The first-order valence-electron chi connectivity index (χ1n) is 5.43. The average molecular weight is 178 g/mol. The molecular formula is C12H18O. The van der Waals surface area contributed by atoms with Crippen LogP contribution in [-0.4, -0.2) is 5.78 Å². The maximum atomic E-state index is 11.3. The Morgan fingerprint density at radius 1 is 1.23 bits per heavy atom. The first kappa shape index (κ1) is 8.98. The third-order valence-electron chi connectivity index (χ3n) is 3.89. The zero-order chi connectivity index (χ0) is 9.42. The monoisotopic (exact) mass is 178 g/mol. The molecule has 13 heavy (non-hydrogen) atoms. The molecule has 2 aliphatic carbocycles. The molecule has 0 aliphatic heterocycles. The summed E-state index contributed by atoms with van der Waals surface area (Å²) in [6.07, 6.45) is 6.49. The highest BCUT2D eigenvalue weighted by molar-refractivity contribution is 5.91. The minimum atomic E-state index is 0.354. The fraction of sp³-hybridized carbons (Fsp3) is 0.750. The van der Waals surface area contributed by atoms with Crippen molar-refractivity contribution in [3.05, 3.63) is 11.6 Å². The quantitative estimate of drug-likeness (QED) is 0.557. The van der Waals surface area contributed by atoms with Gasteiger partial charge >= 0.3 is 0 Å². The summed E-state index contributed by atoms with van der Waals surface area (Å²) in [4.78, 5) is 11.3. The van der Waals surface area contributed by atoms with E-state index in [1.54, 1.807) is 0 Å². The van der Waals surface area contributed by atoms with E-state index in [0.717, 1.165) is 24.7 Å². The summed E-state index contributed by atoms with van der Waals surface area (Å²) < 4.78 is 0. The number of rotatable bonds is 0. The van der Waals surface area contributed by atoms with E-state index in [1.807, 2.05) is 6.08 Å². The molecule has 1 heteroatoms.